The van der Waals surface area contributed by atoms with Crippen LogP contribution < -0.4 is 14.2 Å². The summed E-state index contributed by atoms with van der Waals surface area (Å²) in [7, 11) is 4.76. The van der Waals surface area contributed by atoms with Gasteiger partial charge in [-0.25, -0.2) is 4.98 Å². The predicted octanol–water partition coefficient (Wildman–Crippen LogP) is 4.09. The predicted molar refractivity (Wildman–Crippen MR) is 124 cm³/mol. The first-order valence-corrected chi connectivity index (χ1v) is 11.6. The van der Waals surface area contributed by atoms with Gasteiger partial charge in [-0.3, -0.25) is 4.79 Å². The lowest BCUT2D eigenvalue weighted by Gasteiger charge is -2.37. The second kappa shape index (κ2) is 10.3. The van der Waals surface area contributed by atoms with Crippen molar-refractivity contribution in [2.45, 2.75) is 39.7 Å². The molecule has 0 N–H and O–H groups in total. The highest BCUT2D eigenvalue weighted by Gasteiger charge is 2.29. The highest BCUT2D eigenvalue weighted by molar-refractivity contribution is 7.17. The molecule has 0 bridgehead atoms. The van der Waals surface area contributed by atoms with Crippen LogP contribution >= 0.6 is 11.3 Å². The number of amides is 1. The van der Waals surface area contributed by atoms with Gasteiger partial charge in [-0.05, 0) is 45.0 Å². The molecule has 0 spiro atoms. The lowest BCUT2D eigenvalue weighted by molar-refractivity contribution is 0.0635. The number of carbonyl (C=O) groups is 1. The summed E-state index contributed by atoms with van der Waals surface area (Å²) in [5.74, 6) is 1.72. The first-order valence-electron chi connectivity index (χ1n) is 10.8. The van der Waals surface area contributed by atoms with Crippen molar-refractivity contribution in [3.8, 4) is 27.8 Å². The maximum atomic E-state index is 13.3. The molecular weight excluding hydrogens is 414 g/mol. The zero-order valence-electron chi connectivity index (χ0n) is 19.4. The van der Waals surface area contributed by atoms with E-state index in [1.54, 1.807) is 21.3 Å². The van der Waals surface area contributed by atoms with E-state index >= 15 is 0 Å². The SMILES string of the molecule is CCN(CC)C1CCN(C(=O)c2sc(-c3ccc(OC)c(OC)c3OC)nc2C)CC1. The van der Waals surface area contributed by atoms with Crippen LogP contribution in [0.15, 0.2) is 12.1 Å². The standard InChI is InChI=1S/C23H33N3O4S/c1-7-25(8-2)16-11-13-26(14-12-16)23(27)21-15(3)24-22(31-21)17-9-10-18(28-4)20(30-6)19(17)29-5/h9-10,16H,7-8,11-14H2,1-6H3. The van der Waals surface area contributed by atoms with Crippen molar-refractivity contribution in [1.29, 1.82) is 0 Å². The van der Waals surface area contributed by atoms with E-state index in [4.69, 9.17) is 19.2 Å². The first kappa shape index (κ1) is 23.3. The molecule has 0 saturated carbocycles. The minimum absolute atomic E-state index is 0.0682. The lowest BCUT2D eigenvalue weighted by atomic mass is 10.0. The topological polar surface area (TPSA) is 64.1 Å². The van der Waals surface area contributed by atoms with Crippen molar-refractivity contribution >= 4 is 17.2 Å². The summed E-state index contributed by atoms with van der Waals surface area (Å²) in [5, 5.41) is 0.733. The van der Waals surface area contributed by atoms with E-state index < -0.39 is 0 Å². The van der Waals surface area contributed by atoms with Gasteiger partial charge in [0.15, 0.2) is 11.5 Å². The zero-order chi connectivity index (χ0) is 22.5. The van der Waals surface area contributed by atoms with Crippen LogP contribution in [-0.2, 0) is 0 Å². The Labute approximate surface area is 188 Å². The van der Waals surface area contributed by atoms with Gasteiger partial charge in [-0.15, -0.1) is 11.3 Å². The summed E-state index contributed by atoms with van der Waals surface area (Å²) in [4.78, 5) is 23.1. The van der Waals surface area contributed by atoms with E-state index in [1.165, 1.54) is 11.3 Å². The van der Waals surface area contributed by atoms with Crippen LogP contribution in [0, 0.1) is 6.92 Å². The van der Waals surface area contributed by atoms with Gasteiger partial charge in [0.2, 0.25) is 5.75 Å². The minimum atomic E-state index is 0.0682. The Morgan fingerprint density at radius 1 is 1.10 bits per heavy atom. The second-order valence-electron chi connectivity index (χ2n) is 7.56. The molecule has 170 valence electrons. The molecule has 0 atom stereocenters. The summed E-state index contributed by atoms with van der Waals surface area (Å²) in [6.45, 7) is 9.97. The fraction of sp³-hybridized carbons (Fsp3) is 0.565. The van der Waals surface area contributed by atoms with Crippen LogP contribution in [0.1, 0.15) is 42.1 Å². The smallest absolute Gasteiger partial charge is 0.265 e. The van der Waals surface area contributed by atoms with Crippen LogP contribution in [-0.4, -0.2) is 74.2 Å². The molecule has 3 rings (SSSR count). The number of aromatic nitrogens is 1. The van der Waals surface area contributed by atoms with E-state index in [0.717, 1.165) is 55.3 Å². The third-order valence-electron chi connectivity index (χ3n) is 6.01. The molecule has 1 saturated heterocycles. The number of hydrogen-bond acceptors (Lipinski definition) is 7. The number of piperidine rings is 1. The van der Waals surface area contributed by atoms with E-state index in [2.05, 4.69) is 18.7 Å². The van der Waals surface area contributed by atoms with E-state index in [1.807, 2.05) is 24.0 Å². The monoisotopic (exact) mass is 447 g/mol. The van der Waals surface area contributed by atoms with Gasteiger partial charge in [0.25, 0.3) is 5.91 Å². The Bertz CT molecular complexity index is 902. The molecule has 8 heteroatoms. The van der Waals surface area contributed by atoms with Crippen molar-refractivity contribution in [2.24, 2.45) is 0 Å². The van der Waals surface area contributed by atoms with Crippen molar-refractivity contribution < 1.29 is 19.0 Å². The molecule has 0 radical (unpaired) electrons. The van der Waals surface area contributed by atoms with Crippen LogP contribution in [0.3, 0.4) is 0 Å². The average Bonchev–Trinajstić information content (AvgIpc) is 3.19. The van der Waals surface area contributed by atoms with Crippen molar-refractivity contribution in [2.75, 3.05) is 47.5 Å². The minimum Gasteiger partial charge on any atom is -0.493 e. The second-order valence-corrected chi connectivity index (χ2v) is 8.56. The van der Waals surface area contributed by atoms with Crippen LogP contribution in [0.4, 0.5) is 0 Å². The van der Waals surface area contributed by atoms with Crippen LogP contribution in [0.2, 0.25) is 0 Å². The highest BCUT2D eigenvalue weighted by Crippen LogP contribution is 2.45. The average molecular weight is 448 g/mol. The highest BCUT2D eigenvalue weighted by atomic mass is 32.1. The molecule has 0 unspecified atom stereocenters. The summed E-state index contributed by atoms with van der Waals surface area (Å²) in [5.41, 5.74) is 1.53. The summed E-state index contributed by atoms with van der Waals surface area (Å²) in [6, 6.07) is 4.28. The number of ether oxygens (including phenoxy) is 3. The Kier molecular flexibility index (Phi) is 7.78. The summed E-state index contributed by atoms with van der Waals surface area (Å²) in [6.07, 6.45) is 2.03. The van der Waals surface area contributed by atoms with Gasteiger partial charge in [0.05, 0.1) is 32.6 Å². The van der Waals surface area contributed by atoms with E-state index in [9.17, 15) is 4.79 Å². The Balaban J connectivity index is 1.83. The molecule has 1 aliphatic heterocycles. The van der Waals surface area contributed by atoms with Crippen LogP contribution in [0.5, 0.6) is 17.2 Å². The zero-order valence-corrected chi connectivity index (χ0v) is 20.2. The Hall–Kier alpha value is -2.32. The van der Waals surface area contributed by atoms with Gasteiger partial charge >= 0.3 is 0 Å². The van der Waals surface area contributed by atoms with Crippen molar-refractivity contribution in [1.82, 2.24) is 14.8 Å². The number of hydrogen-bond donors (Lipinski definition) is 0. The number of thiazole rings is 1. The molecule has 31 heavy (non-hydrogen) atoms. The fourth-order valence-electron chi connectivity index (χ4n) is 4.30. The number of rotatable bonds is 8. The van der Waals surface area contributed by atoms with E-state index in [-0.39, 0.29) is 5.91 Å². The first-order chi connectivity index (χ1) is 15.0. The van der Waals surface area contributed by atoms with Crippen LogP contribution in [0.25, 0.3) is 10.6 Å². The third-order valence-corrected chi connectivity index (χ3v) is 7.18. The molecule has 1 aromatic carbocycles. The quantitative estimate of drug-likeness (QED) is 0.607. The molecule has 1 amide bonds. The van der Waals surface area contributed by atoms with Gasteiger partial charge in [0.1, 0.15) is 9.88 Å². The summed E-state index contributed by atoms with van der Waals surface area (Å²) < 4.78 is 16.5. The largest absolute Gasteiger partial charge is 0.493 e. The summed E-state index contributed by atoms with van der Waals surface area (Å²) >= 11 is 1.40. The molecule has 2 heterocycles. The van der Waals surface area contributed by atoms with Gasteiger partial charge < -0.3 is 24.0 Å². The van der Waals surface area contributed by atoms with Crippen molar-refractivity contribution in [3.05, 3.63) is 22.7 Å². The van der Waals surface area contributed by atoms with Gasteiger partial charge in [-0.2, -0.15) is 0 Å². The normalized spacial score (nSPS) is 14.7. The maximum absolute atomic E-state index is 13.3. The van der Waals surface area contributed by atoms with Gasteiger partial charge in [0, 0.05) is 19.1 Å². The number of aryl methyl sites for hydroxylation is 1. The number of likely N-dealkylation sites (tertiary alicyclic amines) is 1. The van der Waals surface area contributed by atoms with E-state index in [0.29, 0.717) is 28.2 Å². The third kappa shape index (κ3) is 4.65. The number of methoxy groups -OCH3 is 3. The molecule has 7 nitrogen and oxygen atoms in total. The van der Waals surface area contributed by atoms with Crippen molar-refractivity contribution in [3.63, 3.8) is 0 Å². The maximum Gasteiger partial charge on any atom is 0.265 e. The van der Waals surface area contributed by atoms with Gasteiger partial charge in [-0.1, -0.05) is 13.8 Å². The number of carbonyl (C=O) groups excluding carboxylic acids is 1. The molecule has 2 aromatic rings. The Morgan fingerprint density at radius 2 is 1.74 bits per heavy atom. The molecule has 0 aliphatic carbocycles. The molecular formula is C23H33N3O4S. The molecule has 1 aromatic heterocycles. The Morgan fingerprint density at radius 3 is 2.29 bits per heavy atom. The lowest BCUT2D eigenvalue weighted by Crippen LogP contribution is -2.46. The number of benzene rings is 1. The number of nitrogens with zero attached hydrogens (tertiary/aromatic N) is 3. The molecule has 1 aliphatic rings. The molecule has 1 fully saturated rings. The fourth-order valence-corrected chi connectivity index (χ4v) is 5.35.